The molecule has 0 aliphatic carbocycles. The number of hydrogen-bond acceptors (Lipinski definition) is 2. The molecule has 1 rings (SSSR count). The standard InChI is InChI=1S/C17H34N2O/c1-3-5-6-7-8-9-10-17(20)19-14-11-16(12-15-19)18-13-4-2/h16,18H,3-15H2,1-2H3. The number of carbonyl (C=O) groups is 1. The molecule has 0 aromatic heterocycles. The van der Waals surface area contributed by atoms with Crippen molar-refractivity contribution in [3.63, 3.8) is 0 Å². The van der Waals surface area contributed by atoms with E-state index in [9.17, 15) is 4.79 Å². The zero-order valence-electron chi connectivity index (χ0n) is 13.6. The summed E-state index contributed by atoms with van der Waals surface area (Å²) in [4.78, 5) is 14.2. The molecule has 1 aliphatic rings. The molecule has 0 bridgehead atoms. The van der Waals surface area contributed by atoms with Crippen LogP contribution in [0.2, 0.25) is 0 Å². The molecule has 0 spiro atoms. The van der Waals surface area contributed by atoms with E-state index >= 15 is 0 Å². The maximum atomic E-state index is 12.1. The largest absolute Gasteiger partial charge is 0.343 e. The minimum Gasteiger partial charge on any atom is -0.343 e. The van der Waals surface area contributed by atoms with Crippen LogP contribution in [0.5, 0.6) is 0 Å². The summed E-state index contributed by atoms with van der Waals surface area (Å²) in [7, 11) is 0. The van der Waals surface area contributed by atoms with Crippen molar-refractivity contribution in [3.8, 4) is 0 Å². The summed E-state index contributed by atoms with van der Waals surface area (Å²) in [6.45, 7) is 7.46. The van der Waals surface area contributed by atoms with Crippen molar-refractivity contribution in [2.75, 3.05) is 19.6 Å². The zero-order valence-corrected chi connectivity index (χ0v) is 13.6. The second-order valence-corrected chi connectivity index (χ2v) is 6.13. The van der Waals surface area contributed by atoms with Crippen molar-refractivity contribution in [1.82, 2.24) is 10.2 Å². The Kier molecular flexibility index (Phi) is 9.73. The molecule has 1 heterocycles. The summed E-state index contributed by atoms with van der Waals surface area (Å²) < 4.78 is 0. The molecule has 1 fully saturated rings. The predicted molar refractivity (Wildman–Crippen MR) is 85.9 cm³/mol. The Morgan fingerprint density at radius 1 is 1.00 bits per heavy atom. The van der Waals surface area contributed by atoms with Gasteiger partial charge in [-0.25, -0.2) is 0 Å². The first-order valence-electron chi connectivity index (χ1n) is 8.79. The molecule has 0 saturated carbocycles. The molecule has 1 aliphatic heterocycles. The SMILES string of the molecule is CCCCCCCCC(=O)N1CCC(NCCC)CC1. The van der Waals surface area contributed by atoms with Gasteiger partial charge in [-0.2, -0.15) is 0 Å². The second-order valence-electron chi connectivity index (χ2n) is 6.13. The van der Waals surface area contributed by atoms with Crippen LogP contribution in [0.1, 0.15) is 78.1 Å². The summed E-state index contributed by atoms with van der Waals surface area (Å²) >= 11 is 0. The Hall–Kier alpha value is -0.570. The summed E-state index contributed by atoms with van der Waals surface area (Å²) in [6.07, 6.45) is 11.8. The van der Waals surface area contributed by atoms with E-state index in [0.717, 1.165) is 45.3 Å². The second kappa shape index (κ2) is 11.1. The molecule has 20 heavy (non-hydrogen) atoms. The molecule has 0 unspecified atom stereocenters. The van der Waals surface area contributed by atoms with E-state index in [1.807, 2.05) is 0 Å². The van der Waals surface area contributed by atoms with Gasteiger partial charge in [0.15, 0.2) is 0 Å². The predicted octanol–water partition coefficient (Wildman–Crippen LogP) is 3.73. The van der Waals surface area contributed by atoms with Gasteiger partial charge in [0.1, 0.15) is 0 Å². The number of nitrogens with zero attached hydrogens (tertiary/aromatic N) is 1. The summed E-state index contributed by atoms with van der Waals surface area (Å²) in [5.41, 5.74) is 0. The topological polar surface area (TPSA) is 32.3 Å². The number of amides is 1. The number of piperidine rings is 1. The van der Waals surface area contributed by atoms with Gasteiger partial charge in [0, 0.05) is 25.6 Å². The lowest BCUT2D eigenvalue weighted by Crippen LogP contribution is -2.45. The van der Waals surface area contributed by atoms with Crippen molar-refractivity contribution < 1.29 is 4.79 Å². The first kappa shape index (κ1) is 17.5. The van der Waals surface area contributed by atoms with Crippen molar-refractivity contribution >= 4 is 5.91 Å². The number of hydrogen-bond donors (Lipinski definition) is 1. The highest BCUT2D eigenvalue weighted by molar-refractivity contribution is 5.76. The molecular formula is C17H34N2O. The van der Waals surface area contributed by atoms with E-state index in [1.54, 1.807) is 0 Å². The Labute approximate surface area is 125 Å². The third-order valence-corrected chi connectivity index (χ3v) is 4.27. The molecule has 0 aromatic rings. The highest BCUT2D eigenvalue weighted by atomic mass is 16.2. The van der Waals surface area contributed by atoms with Crippen molar-refractivity contribution in [2.45, 2.75) is 84.1 Å². The molecule has 0 radical (unpaired) electrons. The van der Waals surface area contributed by atoms with Crippen molar-refractivity contribution in [1.29, 1.82) is 0 Å². The third kappa shape index (κ3) is 7.28. The Bertz CT molecular complexity index is 247. The maximum Gasteiger partial charge on any atom is 0.222 e. The van der Waals surface area contributed by atoms with Gasteiger partial charge >= 0.3 is 0 Å². The molecule has 1 N–H and O–H groups in total. The van der Waals surface area contributed by atoms with Crippen LogP contribution in [0, 0.1) is 0 Å². The van der Waals surface area contributed by atoms with Crippen LogP contribution in [0.15, 0.2) is 0 Å². The van der Waals surface area contributed by atoms with Gasteiger partial charge in [0.05, 0.1) is 0 Å². The fourth-order valence-corrected chi connectivity index (χ4v) is 2.90. The van der Waals surface area contributed by atoms with Gasteiger partial charge < -0.3 is 10.2 Å². The van der Waals surface area contributed by atoms with E-state index in [0.29, 0.717) is 11.9 Å². The maximum absolute atomic E-state index is 12.1. The third-order valence-electron chi connectivity index (χ3n) is 4.27. The van der Waals surface area contributed by atoms with Crippen LogP contribution in [0.4, 0.5) is 0 Å². The van der Waals surface area contributed by atoms with Gasteiger partial charge in [-0.15, -0.1) is 0 Å². The lowest BCUT2D eigenvalue weighted by molar-refractivity contribution is -0.132. The van der Waals surface area contributed by atoms with Gasteiger partial charge in [-0.1, -0.05) is 46.0 Å². The minimum atomic E-state index is 0.384. The van der Waals surface area contributed by atoms with Crippen LogP contribution in [-0.4, -0.2) is 36.5 Å². The van der Waals surface area contributed by atoms with Crippen LogP contribution >= 0.6 is 0 Å². The molecule has 118 valence electrons. The first-order chi connectivity index (χ1) is 9.77. The normalized spacial score (nSPS) is 16.6. The van der Waals surface area contributed by atoms with Crippen LogP contribution in [0.3, 0.4) is 0 Å². The Morgan fingerprint density at radius 3 is 2.30 bits per heavy atom. The molecule has 1 amide bonds. The Balaban J connectivity index is 2.04. The van der Waals surface area contributed by atoms with E-state index in [2.05, 4.69) is 24.1 Å². The summed E-state index contributed by atoms with van der Waals surface area (Å²) in [5, 5.41) is 3.56. The van der Waals surface area contributed by atoms with Crippen LogP contribution in [0.25, 0.3) is 0 Å². The number of unbranched alkanes of at least 4 members (excludes halogenated alkanes) is 5. The van der Waals surface area contributed by atoms with E-state index in [1.165, 1.54) is 38.5 Å². The molecule has 0 atom stereocenters. The highest BCUT2D eigenvalue weighted by Gasteiger charge is 2.21. The van der Waals surface area contributed by atoms with Gasteiger partial charge in [-0.3, -0.25) is 4.79 Å². The molecule has 3 nitrogen and oxygen atoms in total. The lowest BCUT2D eigenvalue weighted by Gasteiger charge is -2.32. The number of nitrogens with one attached hydrogen (secondary N) is 1. The van der Waals surface area contributed by atoms with Crippen molar-refractivity contribution in [2.24, 2.45) is 0 Å². The fourth-order valence-electron chi connectivity index (χ4n) is 2.90. The average Bonchev–Trinajstić information content (AvgIpc) is 2.49. The van der Waals surface area contributed by atoms with Crippen molar-refractivity contribution in [3.05, 3.63) is 0 Å². The van der Waals surface area contributed by atoms with Gasteiger partial charge in [-0.05, 0) is 32.2 Å². The van der Waals surface area contributed by atoms with Gasteiger partial charge in [0.2, 0.25) is 5.91 Å². The number of carbonyl (C=O) groups excluding carboxylic acids is 1. The lowest BCUT2D eigenvalue weighted by atomic mass is 10.0. The van der Waals surface area contributed by atoms with E-state index in [4.69, 9.17) is 0 Å². The smallest absolute Gasteiger partial charge is 0.222 e. The quantitative estimate of drug-likeness (QED) is 0.619. The number of rotatable bonds is 10. The molecule has 0 aromatic carbocycles. The zero-order chi connectivity index (χ0) is 14.6. The first-order valence-corrected chi connectivity index (χ1v) is 8.79. The average molecular weight is 282 g/mol. The fraction of sp³-hybridized carbons (Fsp3) is 0.941. The number of likely N-dealkylation sites (tertiary alicyclic amines) is 1. The molecular weight excluding hydrogens is 248 g/mol. The monoisotopic (exact) mass is 282 g/mol. The van der Waals surface area contributed by atoms with Gasteiger partial charge in [0.25, 0.3) is 0 Å². The van der Waals surface area contributed by atoms with Crippen LogP contribution in [-0.2, 0) is 4.79 Å². The summed E-state index contributed by atoms with van der Waals surface area (Å²) in [5.74, 6) is 0.384. The van der Waals surface area contributed by atoms with E-state index in [-0.39, 0.29) is 0 Å². The van der Waals surface area contributed by atoms with Crippen LogP contribution < -0.4 is 5.32 Å². The summed E-state index contributed by atoms with van der Waals surface area (Å²) in [6, 6.07) is 0.632. The molecule has 3 heteroatoms. The molecule has 1 saturated heterocycles. The minimum absolute atomic E-state index is 0.384. The highest BCUT2D eigenvalue weighted by Crippen LogP contribution is 2.13. The van der Waals surface area contributed by atoms with E-state index < -0.39 is 0 Å². The Morgan fingerprint density at radius 2 is 1.65 bits per heavy atom.